The van der Waals surface area contributed by atoms with Crippen molar-refractivity contribution in [2.24, 2.45) is 5.11 Å². The fourth-order valence-corrected chi connectivity index (χ4v) is 2.39. The van der Waals surface area contributed by atoms with Crippen LogP contribution in [0.1, 0.15) is 15.9 Å². The van der Waals surface area contributed by atoms with E-state index in [1.807, 2.05) is 0 Å². The first-order valence-electron chi connectivity index (χ1n) is 7.78. The van der Waals surface area contributed by atoms with E-state index in [-0.39, 0.29) is 24.2 Å². The number of nitrogens with one attached hydrogen (secondary N) is 1. The number of nitrogens with zero attached hydrogens (tertiary/aromatic N) is 4. The Morgan fingerprint density at radius 1 is 1.26 bits per heavy atom. The van der Waals surface area contributed by atoms with E-state index in [4.69, 9.17) is 5.53 Å². The predicted molar refractivity (Wildman–Crippen MR) is 95.8 cm³/mol. The first-order chi connectivity index (χ1) is 12.9. The maximum absolute atomic E-state index is 12.3. The average Bonchev–Trinajstić information content (AvgIpc) is 2.65. The summed E-state index contributed by atoms with van der Waals surface area (Å²) in [6, 6.07) is 11.2. The Bertz CT molecular complexity index is 889. The van der Waals surface area contributed by atoms with E-state index in [0.717, 1.165) is 17.7 Å². The summed E-state index contributed by atoms with van der Waals surface area (Å²) in [5.41, 5.74) is 8.74. The molecule has 0 radical (unpaired) electrons. The summed E-state index contributed by atoms with van der Waals surface area (Å²) in [5, 5.41) is 26.2. The molecule has 27 heavy (non-hydrogen) atoms. The van der Waals surface area contributed by atoms with E-state index < -0.39 is 28.4 Å². The van der Waals surface area contributed by atoms with Crippen LogP contribution in [0, 0.1) is 10.1 Å². The zero-order valence-electron chi connectivity index (χ0n) is 14.0. The molecule has 0 spiro atoms. The fraction of sp³-hybridized carbons (Fsp3) is 0.176. The van der Waals surface area contributed by atoms with Crippen LogP contribution < -0.4 is 5.32 Å². The van der Waals surface area contributed by atoms with Gasteiger partial charge >= 0.3 is 5.97 Å². The van der Waals surface area contributed by atoms with Crippen molar-refractivity contribution in [3.8, 4) is 0 Å². The number of carboxylic acids is 1. The highest BCUT2D eigenvalue weighted by molar-refractivity contribution is 5.99. The van der Waals surface area contributed by atoms with Crippen molar-refractivity contribution in [1.82, 2.24) is 5.32 Å². The number of nitro benzene ring substituents is 1. The Hall–Kier alpha value is -3.75. The second-order valence-electron chi connectivity index (χ2n) is 5.57. The van der Waals surface area contributed by atoms with Gasteiger partial charge in [-0.1, -0.05) is 35.4 Å². The van der Waals surface area contributed by atoms with E-state index in [0.29, 0.717) is 0 Å². The van der Waals surface area contributed by atoms with Gasteiger partial charge in [-0.25, -0.2) is 0 Å². The van der Waals surface area contributed by atoms with E-state index >= 15 is 0 Å². The third-order valence-electron chi connectivity index (χ3n) is 3.69. The van der Waals surface area contributed by atoms with Gasteiger partial charge in [0, 0.05) is 28.3 Å². The normalized spacial score (nSPS) is 11.3. The molecule has 0 unspecified atom stereocenters. The molecule has 0 aliphatic rings. The molecule has 1 atom stereocenters. The van der Waals surface area contributed by atoms with E-state index in [2.05, 4.69) is 15.3 Å². The van der Waals surface area contributed by atoms with Gasteiger partial charge in [0.05, 0.1) is 11.5 Å². The Labute approximate surface area is 153 Å². The van der Waals surface area contributed by atoms with Crippen LogP contribution in [-0.4, -0.2) is 34.4 Å². The number of rotatable bonds is 9. The highest BCUT2D eigenvalue weighted by Crippen LogP contribution is 2.23. The summed E-state index contributed by atoms with van der Waals surface area (Å²) in [6.07, 6.45) is 0.169. The SMILES string of the molecule is [N-]=[N+]=Nc1cc(C(=O)CN[C@@H](Cc2ccccc2)C(=O)O)cc([N+](=O)[O-])c1. The van der Waals surface area contributed by atoms with Gasteiger partial charge in [-0.3, -0.25) is 25.0 Å². The molecule has 0 fully saturated rings. The summed E-state index contributed by atoms with van der Waals surface area (Å²) in [7, 11) is 0. The Morgan fingerprint density at radius 3 is 2.56 bits per heavy atom. The van der Waals surface area contributed by atoms with Crippen LogP contribution in [0.4, 0.5) is 11.4 Å². The van der Waals surface area contributed by atoms with Crippen LogP contribution in [0.2, 0.25) is 0 Å². The highest BCUT2D eigenvalue weighted by atomic mass is 16.6. The number of hydrogen-bond donors (Lipinski definition) is 2. The standard InChI is InChI=1S/C17H15N5O5/c18-21-20-13-7-12(8-14(9-13)22(26)27)16(23)10-19-15(17(24)25)6-11-4-2-1-3-5-11/h1-5,7-9,15,19H,6,10H2,(H,24,25)/t15-/m0/s1. The second kappa shape index (κ2) is 9.09. The Balaban J connectivity index is 2.14. The number of aliphatic carboxylic acids is 1. The Kier molecular flexibility index (Phi) is 6.59. The maximum Gasteiger partial charge on any atom is 0.321 e. The average molecular weight is 369 g/mol. The lowest BCUT2D eigenvalue weighted by Gasteiger charge is -2.14. The zero-order chi connectivity index (χ0) is 19.8. The largest absolute Gasteiger partial charge is 0.480 e. The number of Topliss-reactive ketones (excluding diaryl/α,β-unsaturated/α-hetero) is 1. The van der Waals surface area contributed by atoms with E-state index in [9.17, 15) is 24.8 Å². The van der Waals surface area contributed by atoms with Crippen LogP contribution in [-0.2, 0) is 11.2 Å². The number of hydrogen-bond acceptors (Lipinski definition) is 6. The topological polar surface area (TPSA) is 158 Å². The number of carbonyl (C=O) groups excluding carboxylic acids is 1. The third kappa shape index (κ3) is 5.63. The lowest BCUT2D eigenvalue weighted by Crippen LogP contribution is -2.41. The maximum atomic E-state index is 12.3. The molecular formula is C17H15N5O5. The monoisotopic (exact) mass is 369 g/mol. The molecule has 138 valence electrons. The van der Waals surface area contributed by atoms with E-state index in [1.54, 1.807) is 30.3 Å². The molecule has 2 N–H and O–H groups in total. The first kappa shape index (κ1) is 19.6. The van der Waals surface area contributed by atoms with E-state index in [1.165, 1.54) is 6.07 Å². The van der Waals surface area contributed by atoms with Crippen molar-refractivity contribution in [1.29, 1.82) is 0 Å². The minimum Gasteiger partial charge on any atom is -0.480 e. The molecule has 0 amide bonds. The van der Waals surface area contributed by atoms with Crippen LogP contribution in [0.25, 0.3) is 10.4 Å². The molecule has 0 aromatic heterocycles. The molecule has 2 aromatic carbocycles. The van der Waals surface area contributed by atoms with Gasteiger partial charge in [-0.15, -0.1) is 0 Å². The number of carbonyl (C=O) groups is 2. The minimum absolute atomic E-state index is 0.0528. The number of carboxylic acid groups (broad SMARTS) is 1. The van der Waals surface area contributed by atoms with Crippen LogP contribution in [0.3, 0.4) is 0 Å². The number of non-ortho nitro benzene ring substituents is 1. The smallest absolute Gasteiger partial charge is 0.321 e. The molecule has 0 bridgehead atoms. The summed E-state index contributed by atoms with van der Waals surface area (Å²) >= 11 is 0. The van der Waals surface area contributed by atoms with Gasteiger partial charge < -0.3 is 5.11 Å². The van der Waals surface area contributed by atoms with Gasteiger partial charge in [-0.2, -0.15) is 0 Å². The molecule has 0 heterocycles. The summed E-state index contributed by atoms with van der Waals surface area (Å²) in [6.45, 7) is -0.347. The predicted octanol–water partition coefficient (Wildman–Crippen LogP) is 3.00. The first-order valence-corrected chi connectivity index (χ1v) is 7.78. The number of ketones is 1. The molecule has 0 aliphatic heterocycles. The quantitative estimate of drug-likeness (QED) is 0.173. The lowest BCUT2D eigenvalue weighted by atomic mass is 10.0. The van der Waals surface area contributed by atoms with Gasteiger partial charge in [-0.05, 0) is 23.6 Å². The molecule has 0 saturated heterocycles. The van der Waals surface area contributed by atoms with Crippen LogP contribution >= 0.6 is 0 Å². The van der Waals surface area contributed by atoms with Crippen molar-refractivity contribution in [3.63, 3.8) is 0 Å². The summed E-state index contributed by atoms with van der Waals surface area (Å²) in [4.78, 5) is 36.6. The van der Waals surface area contributed by atoms with Gasteiger partial charge in [0.25, 0.3) is 5.69 Å². The lowest BCUT2D eigenvalue weighted by molar-refractivity contribution is -0.384. The molecule has 2 rings (SSSR count). The second-order valence-corrected chi connectivity index (χ2v) is 5.57. The molecule has 10 heteroatoms. The summed E-state index contributed by atoms with van der Waals surface area (Å²) < 4.78 is 0. The fourth-order valence-electron chi connectivity index (χ4n) is 2.39. The number of nitro groups is 1. The zero-order valence-corrected chi connectivity index (χ0v) is 14.0. The third-order valence-corrected chi connectivity index (χ3v) is 3.69. The van der Waals surface area contributed by atoms with Crippen molar-refractivity contribution >= 4 is 23.1 Å². The summed E-state index contributed by atoms with van der Waals surface area (Å²) in [5.74, 6) is -1.69. The number of azide groups is 1. The molecular weight excluding hydrogens is 354 g/mol. The molecule has 2 aromatic rings. The van der Waals surface area contributed by atoms with Gasteiger partial charge in [0.1, 0.15) is 6.04 Å². The minimum atomic E-state index is -1.12. The Morgan fingerprint density at radius 2 is 1.96 bits per heavy atom. The highest BCUT2D eigenvalue weighted by Gasteiger charge is 2.20. The van der Waals surface area contributed by atoms with Crippen molar-refractivity contribution in [2.45, 2.75) is 12.5 Å². The number of benzene rings is 2. The van der Waals surface area contributed by atoms with Crippen molar-refractivity contribution < 1.29 is 19.6 Å². The molecule has 0 aliphatic carbocycles. The van der Waals surface area contributed by atoms with Crippen LogP contribution in [0.5, 0.6) is 0 Å². The van der Waals surface area contributed by atoms with Gasteiger partial charge in [0.2, 0.25) is 0 Å². The van der Waals surface area contributed by atoms with Gasteiger partial charge in [0.15, 0.2) is 5.78 Å². The van der Waals surface area contributed by atoms with Crippen molar-refractivity contribution in [3.05, 3.63) is 80.2 Å². The van der Waals surface area contributed by atoms with Crippen LogP contribution in [0.15, 0.2) is 53.6 Å². The molecule has 10 nitrogen and oxygen atoms in total. The molecule has 0 saturated carbocycles. The van der Waals surface area contributed by atoms with Crippen molar-refractivity contribution in [2.75, 3.05) is 6.54 Å².